The lowest BCUT2D eigenvalue weighted by Crippen LogP contribution is -2.39. The summed E-state index contributed by atoms with van der Waals surface area (Å²) in [5.41, 5.74) is 3.43. The van der Waals surface area contributed by atoms with Gasteiger partial charge >= 0.3 is 0 Å². The number of halogens is 1. The van der Waals surface area contributed by atoms with Gasteiger partial charge in [-0.1, -0.05) is 29.8 Å². The van der Waals surface area contributed by atoms with Crippen LogP contribution in [-0.4, -0.2) is 38.7 Å². The number of nitrogens with zero attached hydrogens (tertiary/aromatic N) is 4. The Bertz CT molecular complexity index is 968. The summed E-state index contributed by atoms with van der Waals surface area (Å²) in [6.07, 6.45) is 3.79. The number of amides is 1. The maximum Gasteiger partial charge on any atom is 0.274 e. The minimum Gasteiger partial charge on any atom is -0.337 e. The molecule has 0 radical (unpaired) electrons. The van der Waals surface area contributed by atoms with Crippen LogP contribution in [0.5, 0.6) is 0 Å². The molecule has 0 bridgehead atoms. The van der Waals surface area contributed by atoms with Crippen LogP contribution in [0, 0.1) is 0 Å². The Morgan fingerprint density at radius 2 is 2.04 bits per heavy atom. The van der Waals surface area contributed by atoms with Crippen molar-refractivity contribution in [1.29, 1.82) is 0 Å². The van der Waals surface area contributed by atoms with Gasteiger partial charge in [0.15, 0.2) is 0 Å². The van der Waals surface area contributed by atoms with Gasteiger partial charge in [-0.3, -0.25) is 14.5 Å². The highest BCUT2D eigenvalue weighted by Crippen LogP contribution is 2.29. The molecule has 0 spiro atoms. The van der Waals surface area contributed by atoms with Crippen LogP contribution in [-0.2, 0) is 7.05 Å². The van der Waals surface area contributed by atoms with E-state index in [0.717, 1.165) is 36.3 Å². The maximum absolute atomic E-state index is 12.7. The van der Waals surface area contributed by atoms with Gasteiger partial charge in [-0.25, -0.2) is 0 Å². The summed E-state index contributed by atoms with van der Waals surface area (Å²) in [4.78, 5) is 19.5. The maximum atomic E-state index is 12.7. The van der Waals surface area contributed by atoms with E-state index in [-0.39, 0.29) is 11.8 Å². The number of aryl methyl sites for hydroxylation is 1. The van der Waals surface area contributed by atoms with Gasteiger partial charge in [0, 0.05) is 48.5 Å². The molecule has 138 valence electrons. The van der Waals surface area contributed by atoms with Crippen LogP contribution in [0.2, 0.25) is 5.02 Å². The summed E-state index contributed by atoms with van der Waals surface area (Å²) in [6, 6.07) is 15.6. The minimum absolute atomic E-state index is 0.00806. The zero-order valence-electron chi connectivity index (χ0n) is 15.2. The van der Waals surface area contributed by atoms with Crippen LogP contribution in [0.4, 0.5) is 0 Å². The molecule has 1 aliphatic rings. The number of hydrogen-bond donors (Lipinski definition) is 0. The smallest absolute Gasteiger partial charge is 0.274 e. The predicted molar refractivity (Wildman–Crippen MR) is 106 cm³/mol. The van der Waals surface area contributed by atoms with E-state index in [1.54, 1.807) is 16.9 Å². The Hall–Kier alpha value is -2.66. The third kappa shape index (κ3) is 3.88. The molecule has 3 heterocycles. The molecule has 1 unspecified atom stereocenters. The van der Waals surface area contributed by atoms with Crippen LogP contribution < -0.4 is 0 Å². The fourth-order valence-electron chi connectivity index (χ4n) is 3.58. The van der Waals surface area contributed by atoms with Crippen LogP contribution in [0.15, 0.2) is 54.7 Å². The van der Waals surface area contributed by atoms with E-state index in [2.05, 4.69) is 5.10 Å². The van der Waals surface area contributed by atoms with Crippen LogP contribution in [0.1, 0.15) is 34.9 Å². The summed E-state index contributed by atoms with van der Waals surface area (Å²) in [5, 5.41) is 4.94. The zero-order chi connectivity index (χ0) is 18.8. The SMILES string of the molecule is Cn1ccc(C(=O)N2CCCC(c3cccc(-c4cccc(Cl)c4)n3)C2)n1. The second kappa shape index (κ2) is 7.53. The number of carbonyl (C=O) groups is 1. The van der Waals surface area contributed by atoms with Crippen molar-refractivity contribution < 1.29 is 4.79 Å². The molecule has 27 heavy (non-hydrogen) atoms. The Balaban J connectivity index is 1.55. The van der Waals surface area contributed by atoms with Crippen molar-refractivity contribution >= 4 is 17.5 Å². The first kappa shape index (κ1) is 17.7. The number of piperidine rings is 1. The van der Waals surface area contributed by atoms with Crippen molar-refractivity contribution in [3.63, 3.8) is 0 Å². The van der Waals surface area contributed by atoms with E-state index in [0.29, 0.717) is 17.3 Å². The number of carbonyl (C=O) groups excluding carboxylic acids is 1. The van der Waals surface area contributed by atoms with Crippen LogP contribution >= 0.6 is 11.6 Å². The van der Waals surface area contributed by atoms with E-state index >= 15 is 0 Å². The predicted octanol–water partition coefficient (Wildman–Crippen LogP) is 4.16. The Morgan fingerprint density at radius 3 is 2.81 bits per heavy atom. The highest BCUT2D eigenvalue weighted by Gasteiger charge is 2.27. The van der Waals surface area contributed by atoms with E-state index in [9.17, 15) is 4.79 Å². The number of pyridine rings is 1. The van der Waals surface area contributed by atoms with Crippen molar-refractivity contribution in [2.24, 2.45) is 7.05 Å². The highest BCUT2D eigenvalue weighted by atomic mass is 35.5. The number of likely N-dealkylation sites (tertiary alicyclic amines) is 1. The van der Waals surface area contributed by atoms with Crippen molar-refractivity contribution in [3.8, 4) is 11.3 Å². The quantitative estimate of drug-likeness (QED) is 0.685. The van der Waals surface area contributed by atoms with E-state index in [4.69, 9.17) is 16.6 Å². The number of hydrogen-bond acceptors (Lipinski definition) is 3. The third-order valence-electron chi connectivity index (χ3n) is 4.95. The number of aromatic nitrogens is 3. The normalized spacial score (nSPS) is 17.1. The lowest BCUT2D eigenvalue weighted by atomic mass is 9.93. The number of benzene rings is 1. The lowest BCUT2D eigenvalue weighted by molar-refractivity contribution is 0.0699. The van der Waals surface area contributed by atoms with Crippen LogP contribution in [0.25, 0.3) is 11.3 Å². The molecule has 0 N–H and O–H groups in total. The highest BCUT2D eigenvalue weighted by molar-refractivity contribution is 6.30. The molecule has 0 aliphatic carbocycles. The molecule has 5 nitrogen and oxygen atoms in total. The fraction of sp³-hybridized carbons (Fsp3) is 0.286. The summed E-state index contributed by atoms with van der Waals surface area (Å²) in [5.74, 6) is 0.219. The van der Waals surface area contributed by atoms with Crippen LogP contribution in [0.3, 0.4) is 0 Å². The molecule has 1 fully saturated rings. The lowest BCUT2D eigenvalue weighted by Gasteiger charge is -2.32. The summed E-state index contributed by atoms with van der Waals surface area (Å²) in [7, 11) is 1.82. The van der Waals surface area contributed by atoms with Crippen molar-refractivity contribution in [2.45, 2.75) is 18.8 Å². The molecule has 1 atom stereocenters. The molecule has 2 aromatic heterocycles. The van der Waals surface area contributed by atoms with Crippen molar-refractivity contribution in [3.05, 3.63) is 71.1 Å². The van der Waals surface area contributed by atoms with Gasteiger partial charge in [0.1, 0.15) is 5.69 Å². The third-order valence-corrected chi connectivity index (χ3v) is 5.19. The average molecular weight is 381 g/mol. The fourth-order valence-corrected chi connectivity index (χ4v) is 3.77. The van der Waals surface area contributed by atoms with Gasteiger partial charge < -0.3 is 4.90 Å². The first-order valence-electron chi connectivity index (χ1n) is 9.12. The topological polar surface area (TPSA) is 51.0 Å². The first-order chi connectivity index (χ1) is 13.1. The Labute approximate surface area is 163 Å². The zero-order valence-corrected chi connectivity index (χ0v) is 15.9. The molecule has 0 saturated carbocycles. The van der Waals surface area contributed by atoms with Gasteiger partial charge in [-0.05, 0) is 43.2 Å². The molecular weight excluding hydrogens is 360 g/mol. The van der Waals surface area contributed by atoms with Gasteiger partial charge in [0.25, 0.3) is 5.91 Å². The summed E-state index contributed by atoms with van der Waals surface area (Å²) >= 11 is 6.12. The van der Waals surface area contributed by atoms with E-state index in [1.807, 2.05) is 54.4 Å². The second-order valence-electron chi connectivity index (χ2n) is 6.92. The molecular formula is C21H21ClN4O. The molecule has 1 amide bonds. The van der Waals surface area contributed by atoms with Gasteiger partial charge in [0.2, 0.25) is 0 Å². The molecule has 1 aromatic carbocycles. The largest absolute Gasteiger partial charge is 0.337 e. The van der Waals surface area contributed by atoms with Gasteiger partial charge in [-0.15, -0.1) is 0 Å². The molecule has 1 saturated heterocycles. The Morgan fingerprint density at radius 1 is 1.19 bits per heavy atom. The van der Waals surface area contributed by atoms with Crippen molar-refractivity contribution in [1.82, 2.24) is 19.7 Å². The molecule has 4 rings (SSSR count). The number of rotatable bonds is 3. The first-order valence-corrected chi connectivity index (χ1v) is 9.50. The molecule has 1 aliphatic heterocycles. The van der Waals surface area contributed by atoms with E-state index in [1.165, 1.54) is 0 Å². The van der Waals surface area contributed by atoms with Crippen molar-refractivity contribution in [2.75, 3.05) is 13.1 Å². The monoisotopic (exact) mass is 380 g/mol. The standard InChI is InChI=1S/C21H21ClN4O/c1-25-12-10-20(24-25)21(27)26-11-4-6-16(14-26)19-9-3-8-18(23-19)15-5-2-7-17(22)13-15/h2-3,5,7-10,12-13,16H,4,6,11,14H2,1H3. The molecule has 6 heteroatoms. The van der Waals surface area contributed by atoms with E-state index < -0.39 is 0 Å². The summed E-state index contributed by atoms with van der Waals surface area (Å²) in [6.45, 7) is 1.43. The Kier molecular flexibility index (Phi) is 4.94. The average Bonchev–Trinajstić information content (AvgIpc) is 3.14. The summed E-state index contributed by atoms with van der Waals surface area (Å²) < 4.78 is 1.66. The second-order valence-corrected chi connectivity index (χ2v) is 7.36. The van der Waals surface area contributed by atoms with Gasteiger partial charge in [0.05, 0.1) is 5.69 Å². The minimum atomic E-state index is -0.00806. The molecule has 3 aromatic rings. The van der Waals surface area contributed by atoms with Gasteiger partial charge in [-0.2, -0.15) is 5.10 Å².